The molecule has 0 bridgehead atoms. The van der Waals surface area contributed by atoms with Crippen LogP contribution in [0.2, 0.25) is 5.02 Å². The van der Waals surface area contributed by atoms with E-state index in [9.17, 15) is 4.79 Å². The van der Waals surface area contributed by atoms with Crippen molar-refractivity contribution in [2.45, 2.75) is 51.0 Å². The van der Waals surface area contributed by atoms with Crippen molar-refractivity contribution in [3.8, 4) is 0 Å². The SMILES string of the molecule is Cc1cccc(NC(=O)CSc2nnc(CNc3ccc(C)c(Cl)c3)n2C[C@@H]2CCCO2)c1. The molecule has 1 aliphatic heterocycles. The molecule has 4 rings (SSSR count). The molecule has 174 valence electrons. The van der Waals surface area contributed by atoms with Gasteiger partial charge in [0.1, 0.15) is 0 Å². The van der Waals surface area contributed by atoms with Crippen LogP contribution < -0.4 is 10.6 Å². The number of hydrogen-bond donors (Lipinski definition) is 2. The van der Waals surface area contributed by atoms with Crippen LogP contribution in [-0.2, 0) is 22.6 Å². The fraction of sp³-hybridized carbons (Fsp3) is 0.375. The third-order valence-corrected chi connectivity index (χ3v) is 6.83. The van der Waals surface area contributed by atoms with Crippen LogP contribution in [0.15, 0.2) is 47.6 Å². The lowest BCUT2D eigenvalue weighted by Crippen LogP contribution is -2.20. The van der Waals surface area contributed by atoms with Gasteiger partial charge < -0.3 is 19.9 Å². The molecule has 2 heterocycles. The minimum absolute atomic E-state index is 0.0776. The monoisotopic (exact) mass is 485 g/mol. The molecule has 1 amide bonds. The number of aromatic nitrogens is 3. The summed E-state index contributed by atoms with van der Waals surface area (Å²) < 4.78 is 7.90. The molecular formula is C24H28ClN5O2S. The molecule has 1 aromatic heterocycles. The molecule has 0 unspecified atom stereocenters. The predicted molar refractivity (Wildman–Crippen MR) is 133 cm³/mol. The van der Waals surface area contributed by atoms with E-state index in [2.05, 4.69) is 25.4 Å². The van der Waals surface area contributed by atoms with Crippen molar-refractivity contribution in [1.29, 1.82) is 0 Å². The largest absolute Gasteiger partial charge is 0.378 e. The second-order valence-electron chi connectivity index (χ2n) is 8.17. The van der Waals surface area contributed by atoms with E-state index in [1.54, 1.807) is 0 Å². The summed E-state index contributed by atoms with van der Waals surface area (Å²) in [5.41, 5.74) is 3.85. The van der Waals surface area contributed by atoms with E-state index < -0.39 is 0 Å². The van der Waals surface area contributed by atoms with Crippen LogP contribution >= 0.6 is 23.4 Å². The van der Waals surface area contributed by atoms with Crippen LogP contribution in [0.5, 0.6) is 0 Å². The van der Waals surface area contributed by atoms with Crippen LogP contribution in [0.25, 0.3) is 0 Å². The summed E-state index contributed by atoms with van der Waals surface area (Å²) in [6.07, 6.45) is 2.20. The molecular weight excluding hydrogens is 458 g/mol. The van der Waals surface area contributed by atoms with Crippen molar-refractivity contribution in [2.75, 3.05) is 23.0 Å². The van der Waals surface area contributed by atoms with Crippen LogP contribution in [0.1, 0.15) is 29.8 Å². The Balaban J connectivity index is 1.43. The molecule has 1 fully saturated rings. The normalized spacial score (nSPS) is 15.5. The Morgan fingerprint density at radius 1 is 1.21 bits per heavy atom. The number of nitrogens with zero attached hydrogens (tertiary/aromatic N) is 3. The zero-order valence-electron chi connectivity index (χ0n) is 18.8. The second kappa shape index (κ2) is 11.0. The quantitative estimate of drug-likeness (QED) is 0.412. The Hall–Kier alpha value is -2.55. The van der Waals surface area contributed by atoms with Gasteiger partial charge in [0.25, 0.3) is 0 Å². The van der Waals surface area contributed by atoms with Gasteiger partial charge in [0.15, 0.2) is 11.0 Å². The van der Waals surface area contributed by atoms with Crippen molar-refractivity contribution in [3.63, 3.8) is 0 Å². The minimum Gasteiger partial charge on any atom is -0.378 e. The van der Waals surface area contributed by atoms with Gasteiger partial charge in [0.2, 0.25) is 5.91 Å². The number of amides is 1. The number of anilines is 2. The summed E-state index contributed by atoms with van der Waals surface area (Å²) in [5, 5.41) is 16.5. The van der Waals surface area contributed by atoms with Gasteiger partial charge in [0, 0.05) is 23.0 Å². The summed E-state index contributed by atoms with van der Waals surface area (Å²) in [7, 11) is 0. The molecule has 7 nitrogen and oxygen atoms in total. The standard InChI is InChI=1S/C24H28ClN5O2S/c1-16-5-3-6-19(11-16)27-23(31)15-33-24-29-28-22(30(24)14-20-7-4-10-32-20)13-26-18-9-8-17(2)21(25)12-18/h3,5-6,8-9,11-12,20,26H,4,7,10,13-15H2,1-2H3,(H,27,31)/t20-/m0/s1. The number of nitrogens with one attached hydrogen (secondary N) is 2. The first-order chi connectivity index (χ1) is 16.0. The van der Waals surface area contributed by atoms with Crippen molar-refractivity contribution < 1.29 is 9.53 Å². The summed E-state index contributed by atoms with van der Waals surface area (Å²) in [4.78, 5) is 12.5. The first-order valence-corrected chi connectivity index (χ1v) is 12.4. The topological polar surface area (TPSA) is 81.1 Å². The Morgan fingerprint density at radius 2 is 2.09 bits per heavy atom. The number of benzene rings is 2. The van der Waals surface area contributed by atoms with Crippen molar-refractivity contribution in [2.24, 2.45) is 0 Å². The highest BCUT2D eigenvalue weighted by molar-refractivity contribution is 7.99. The number of aryl methyl sites for hydroxylation is 2. The predicted octanol–water partition coefficient (Wildman–Crippen LogP) is 5.07. The van der Waals surface area contributed by atoms with Gasteiger partial charge in [-0.1, -0.05) is 41.6 Å². The molecule has 0 aliphatic carbocycles. The molecule has 0 saturated carbocycles. The van der Waals surface area contributed by atoms with Crippen molar-refractivity contribution in [3.05, 3.63) is 64.4 Å². The van der Waals surface area contributed by atoms with Gasteiger partial charge >= 0.3 is 0 Å². The van der Waals surface area contributed by atoms with Gasteiger partial charge in [-0.15, -0.1) is 10.2 Å². The summed E-state index contributed by atoms with van der Waals surface area (Å²) in [6, 6.07) is 13.6. The maximum absolute atomic E-state index is 12.5. The Labute approximate surface area is 203 Å². The summed E-state index contributed by atoms with van der Waals surface area (Å²) in [5.74, 6) is 0.966. The van der Waals surface area contributed by atoms with E-state index in [1.807, 2.05) is 56.3 Å². The molecule has 2 N–H and O–H groups in total. The third-order valence-electron chi connectivity index (χ3n) is 5.46. The number of hydrogen-bond acceptors (Lipinski definition) is 6. The molecule has 0 spiro atoms. The molecule has 1 saturated heterocycles. The fourth-order valence-electron chi connectivity index (χ4n) is 3.67. The third kappa shape index (κ3) is 6.50. The van der Waals surface area contributed by atoms with Gasteiger partial charge in [-0.3, -0.25) is 4.79 Å². The average molecular weight is 486 g/mol. The first kappa shape index (κ1) is 23.6. The Morgan fingerprint density at radius 3 is 2.85 bits per heavy atom. The van der Waals surface area contributed by atoms with Crippen molar-refractivity contribution in [1.82, 2.24) is 14.8 Å². The van der Waals surface area contributed by atoms with Crippen LogP contribution in [-0.4, -0.2) is 39.1 Å². The number of ether oxygens (including phenoxy) is 1. The lowest BCUT2D eigenvalue weighted by molar-refractivity contribution is -0.113. The van der Waals surface area contributed by atoms with Crippen molar-refractivity contribution >= 4 is 40.6 Å². The number of thioether (sulfide) groups is 1. The average Bonchev–Trinajstić information content (AvgIpc) is 3.44. The molecule has 2 aromatic carbocycles. The molecule has 9 heteroatoms. The van der Waals surface area contributed by atoms with Crippen LogP contribution in [0.3, 0.4) is 0 Å². The highest BCUT2D eigenvalue weighted by Gasteiger charge is 2.21. The first-order valence-electron chi connectivity index (χ1n) is 11.0. The molecule has 1 atom stereocenters. The van der Waals surface area contributed by atoms with E-state index in [1.165, 1.54) is 11.8 Å². The number of rotatable bonds is 9. The smallest absolute Gasteiger partial charge is 0.234 e. The number of halogens is 1. The zero-order chi connectivity index (χ0) is 23.2. The number of carbonyl (C=O) groups excluding carboxylic acids is 1. The van der Waals surface area contributed by atoms with E-state index in [0.29, 0.717) is 18.2 Å². The molecule has 33 heavy (non-hydrogen) atoms. The van der Waals surface area contributed by atoms with E-state index in [0.717, 1.165) is 52.8 Å². The van der Waals surface area contributed by atoms with Gasteiger partial charge in [-0.05, 0) is 62.1 Å². The highest BCUT2D eigenvalue weighted by atomic mass is 35.5. The fourth-order valence-corrected chi connectivity index (χ4v) is 4.61. The summed E-state index contributed by atoms with van der Waals surface area (Å²) >= 11 is 7.63. The molecule has 0 radical (unpaired) electrons. The summed E-state index contributed by atoms with van der Waals surface area (Å²) in [6.45, 7) is 5.92. The van der Waals surface area contributed by atoms with Gasteiger partial charge in [-0.2, -0.15) is 0 Å². The maximum Gasteiger partial charge on any atom is 0.234 e. The lowest BCUT2D eigenvalue weighted by Gasteiger charge is -2.15. The zero-order valence-corrected chi connectivity index (χ0v) is 20.4. The maximum atomic E-state index is 12.5. The number of carbonyl (C=O) groups is 1. The molecule has 3 aromatic rings. The lowest BCUT2D eigenvalue weighted by atomic mass is 10.2. The van der Waals surface area contributed by atoms with Crippen LogP contribution in [0, 0.1) is 13.8 Å². The van der Waals surface area contributed by atoms with E-state index in [-0.39, 0.29) is 17.8 Å². The minimum atomic E-state index is -0.0776. The molecule has 1 aliphatic rings. The Kier molecular flexibility index (Phi) is 7.90. The Bertz CT molecular complexity index is 1110. The van der Waals surface area contributed by atoms with Gasteiger partial charge in [-0.25, -0.2) is 0 Å². The van der Waals surface area contributed by atoms with E-state index >= 15 is 0 Å². The second-order valence-corrected chi connectivity index (χ2v) is 9.52. The van der Waals surface area contributed by atoms with Crippen LogP contribution in [0.4, 0.5) is 11.4 Å². The van der Waals surface area contributed by atoms with Gasteiger partial charge in [0.05, 0.1) is 24.9 Å². The van der Waals surface area contributed by atoms with E-state index in [4.69, 9.17) is 16.3 Å². The highest BCUT2D eigenvalue weighted by Crippen LogP contribution is 2.24.